The van der Waals surface area contributed by atoms with Crippen molar-refractivity contribution in [3.8, 4) is 11.5 Å². The van der Waals surface area contributed by atoms with Crippen LogP contribution in [-0.4, -0.2) is 73.8 Å². The number of hydrogen-bond donors (Lipinski definition) is 1. The van der Waals surface area contributed by atoms with Gasteiger partial charge in [-0.05, 0) is 67.9 Å². The summed E-state index contributed by atoms with van der Waals surface area (Å²) in [4.78, 5) is 27.7. The van der Waals surface area contributed by atoms with Gasteiger partial charge in [0.25, 0.3) is 17.4 Å². The zero-order chi connectivity index (χ0) is 29.7. The second-order valence-corrected chi connectivity index (χ2v) is 10.9. The highest BCUT2D eigenvalue weighted by Crippen LogP contribution is 2.42. The van der Waals surface area contributed by atoms with E-state index in [0.717, 1.165) is 29.9 Å². The third kappa shape index (κ3) is 7.20. The van der Waals surface area contributed by atoms with Crippen molar-refractivity contribution in [2.24, 2.45) is 11.8 Å². The minimum absolute atomic E-state index is 0.115. The van der Waals surface area contributed by atoms with E-state index in [4.69, 9.17) is 21.1 Å². The minimum atomic E-state index is -5.20. The second-order valence-electron chi connectivity index (χ2n) is 10.5. The van der Waals surface area contributed by atoms with Gasteiger partial charge in [0.1, 0.15) is 11.5 Å². The Kier molecular flexibility index (Phi) is 10.3. The van der Waals surface area contributed by atoms with E-state index >= 15 is 0 Å². The quantitative estimate of drug-likeness (QED) is 0.397. The largest absolute Gasteiger partial charge is 0.497 e. The van der Waals surface area contributed by atoms with Crippen molar-refractivity contribution in [2.45, 2.75) is 44.4 Å². The van der Waals surface area contributed by atoms with Gasteiger partial charge in [0.15, 0.2) is 0 Å². The molecular weight excluding hydrogens is 549 g/mol. The summed E-state index contributed by atoms with van der Waals surface area (Å²) in [5, 5.41) is 11.0. The molecule has 0 bridgehead atoms. The summed E-state index contributed by atoms with van der Waals surface area (Å²) in [6.07, 6.45) is -2.53. The number of benzene rings is 2. The Morgan fingerprint density at radius 3 is 2.38 bits per heavy atom. The molecule has 1 saturated heterocycles. The molecule has 11 heteroatoms. The second kappa shape index (κ2) is 13.1. The monoisotopic (exact) mass is 584 g/mol. The predicted octanol–water partition coefficient (Wildman–Crippen LogP) is 5.53. The SMILES string of the molecule is COc1cccc([C@@](O)(C(=O)N2CCC(CC(C)CCOc3ccc(C(=O)N(C)C)c(Cl)c3)CC2)C(F)(F)F)c1. The number of nitrogens with zero attached hydrogens (tertiary/aromatic N) is 2. The number of aliphatic hydroxyl groups is 1. The molecule has 1 fully saturated rings. The Hall–Kier alpha value is -2.98. The van der Waals surface area contributed by atoms with Crippen molar-refractivity contribution >= 4 is 23.4 Å². The smallest absolute Gasteiger partial charge is 0.430 e. The molecule has 0 spiro atoms. The van der Waals surface area contributed by atoms with Crippen molar-refractivity contribution in [2.75, 3.05) is 40.9 Å². The number of halogens is 4. The Morgan fingerprint density at radius 2 is 1.80 bits per heavy atom. The Bertz CT molecular complexity index is 1180. The fourth-order valence-corrected chi connectivity index (χ4v) is 5.17. The molecule has 0 aliphatic carbocycles. The van der Waals surface area contributed by atoms with Crippen LogP contribution in [0.1, 0.15) is 48.5 Å². The molecule has 2 atom stereocenters. The van der Waals surface area contributed by atoms with Gasteiger partial charge in [-0.25, -0.2) is 0 Å². The lowest BCUT2D eigenvalue weighted by atomic mass is 9.85. The third-order valence-electron chi connectivity index (χ3n) is 7.30. The van der Waals surface area contributed by atoms with Gasteiger partial charge in [0, 0.05) is 32.7 Å². The van der Waals surface area contributed by atoms with Gasteiger partial charge in [-0.2, -0.15) is 13.2 Å². The van der Waals surface area contributed by atoms with Crippen LogP contribution in [0.4, 0.5) is 13.2 Å². The number of carbonyl (C=O) groups excluding carboxylic acids is 2. The average Bonchev–Trinajstić information content (AvgIpc) is 2.91. The van der Waals surface area contributed by atoms with E-state index in [0.29, 0.717) is 35.8 Å². The molecule has 2 aromatic carbocycles. The van der Waals surface area contributed by atoms with E-state index in [-0.39, 0.29) is 36.6 Å². The lowest BCUT2D eigenvalue weighted by Gasteiger charge is -2.39. The first-order chi connectivity index (χ1) is 18.8. The minimum Gasteiger partial charge on any atom is -0.497 e. The summed E-state index contributed by atoms with van der Waals surface area (Å²) in [5.74, 6) is -0.370. The molecule has 1 aliphatic rings. The summed E-state index contributed by atoms with van der Waals surface area (Å²) in [7, 11) is 4.60. The fourth-order valence-electron chi connectivity index (χ4n) is 4.92. The van der Waals surface area contributed by atoms with Gasteiger partial charge in [-0.15, -0.1) is 0 Å². The van der Waals surface area contributed by atoms with Crippen LogP contribution in [0.15, 0.2) is 42.5 Å². The van der Waals surface area contributed by atoms with Crippen LogP contribution in [0.2, 0.25) is 5.02 Å². The molecule has 0 aromatic heterocycles. The van der Waals surface area contributed by atoms with Crippen LogP contribution in [0.3, 0.4) is 0 Å². The summed E-state index contributed by atoms with van der Waals surface area (Å²) in [6.45, 7) is 2.78. The van der Waals surface area contributed by atoms with Crippen LogP contribution in [0.5, 0.6) is 11.5 Å². The molecule has 7 nitrogen and oxygen atoms in total. The molecule has 1 aliphatic heterocycles. The van der Waals surface area contributed by atoms with Crippen molar-refractivity contribution in [3.63, 3.8) is 0 Å². The summed E-state index contributed by atoms with van der Waals surface area (Å²) < 4.78 is 53.0. The average molecular weight is 585 g/mol. The molecular formula is C29H36ClF3N2O5. The summed E-state index contributed by atoms with van der Waals surface area (Å²) in [5.41, 5.74) is -3.82. The summed E-state index contributed by atoms with van der Waals surface area (Å²) in [6, 6.07) is 9.82. The molecule has 1 N–H and O–H groups in total. The maximum absolute atomic E-state index is 14.1. The van der Waals surface area contributed by atoms with Gasteiger partial charge >= 0.3 is 6.18 Å². The predicted molar refractivity (Wildman–Crippen MR) is 146 cm³/mol. The standard InChI is InChI=1S/C29H36ClF3N2O5/c1-19(12-15-40-23-8-9-24(25(30)18-23)26(36)34(2)3)16-20-10-13-35(14-11-20)27(37)28(38,29(31,32)33)21-6-5-7-22(17-21)39-4/h5-9,17-20,38H,10-16H2,1-4H3/t19?,28-/m1/s1. The molecule has 2 aromatic rings. The number of ether oxygens (including phenoxy) is 2. The fraction of sp³-hybridized carbons (Fsp3) is 0.517. The highest BCUT2D eigenvalue weighted by Gasteiger charge is 2.62. The van der Waals surface area contributed by atoms with Crippen LogP contribution < -0.4 is 9.47 Å². The van der Waals surface area contributed by atoms with E-state index in [9.17, 15) is 27.9 Å². The van der Waals surface area contributed by atoms with Crippen LogP contribution in [-0.2, 0) is 10.4 Å². The van der Waals surface area contributed by atoms with Gasteiger partial charge in [-0.3, -0.25) is 9.59 Å². The Morgan fingerprint density at radius 1 is 1.12 bits per heavy atom. The maximum Gasteiger partial charge on any atom is 0.430 e. The number of amides is 2. The first-order valence-corrected chi connectivity index (χ1v) is 13.5. The first kappa shape index (κ1) is 31.5. The van der Waals surface area contributed by atoms with Crippen LogP contribution >= 0.6 is 11.6 Å². The molecule has 3 rings (SSSR count). The van der Waals surface area contributed by atoms with E-state index in [1.165, 1.54) is 24.1 Å². The summed E-state index contributed by atoms with van der Waals surface area (Å²) >= 11 is 6.23. The number of piperidine rings is 1. The number of hydrogen-bond acceptors (Lipinski definition) is 5. The Balaban J connectivity index is 1.51. The number of methoxy groups -OCH3 is 1. The van der Waals surface area contributed by atoms with Gasteiger partial charge in [0.05, 0.1) is 24.3 Å². The molecule has 220 valence electrons. The van der Waals surface area contributed by atoms with Gasteiger partial charge < -0.3 is 24.4 Å². The molecule has 1 unspecified atom stereocenters. The Labute approximate surface area is 237 Å². The molecule has 0 radical (unpaired) electrons. The first-order valence-electron chi connectivity index (χ1n) is 13.1. The third-order valence-corrected chi connectivity index (χ3v) is 7.61. The van der Waals surface area contributed by atoms with Gasteiger partial charge in [-0.1, -0.05) is 30.7 Å². The highest BCUT2D eigenvalue weighted by atomic mass is 35.5. The van der Waals surface area contributed by atoms with E-state index in [2.05, 4.69) is 6.92 Å². The molecule has 40 heavy (non-hydrogen) atoms. The molecule has 2 amide bonds. The topological polar surface area (TPSA) is 79.3 Å². The van der Waals surface area contributed by atoms with Gasteiger partial charge in [0.2, 0.25) is 0 Å². The lowest BCUT2D eigenvalue weighted by molar-refractivity contribution is -0.262. The van der Waals surface area contributed by atoms with Crippen LogP contribution in [0, 0.1) is 11.8 Å². The molecule has 0 saturated carbocycles. The number of rotatable bonds is 10. The number of carbonyl (C=O) groups is 2. The zero-order valence-electron chi connectivity index (χ0n) is 23.1. The van der Waals surface area contributed by atoms with Crippen molar-refractivity contribution in [1.82, 2.24) is 9.80 Å². The zero-order valence-corrected chi connectivity index (χ0v) is 23.9. The van der Waals surface area contributed by atoms with Crippen molar-refractivity contribution in [1.29, 1.82) is 0 Å². The van der Waals surface area contributed by atoms with E-state index in [1.807, 2.05) is 0 Å². The van der Waals surface area contributed by atoms with Crippen LogP contribution in [0.25, 0.3) is 0 Å². The van der Waals surface area contributed by atoms with E-state index < -0.39 is 23.2 Å². The van der Waals surface area contributed by atoms with E-state index in [1.54, 1.807) is 32.3 Å². The highest BCUT2D eigenvalue weighted by molar-refractivity contribution is 6.34. The number of alkyl halides is 3. The normalized spacial score (nSPS) is 16.7. The van der Waals surface area contributed by atoms with Crippen molar-refractivity contribution < 1.29 is 37.3 Å². The molecule has 1 heterocycles. The number of likely N-dealkylation sites (tertiary alicyclic amines) is 1. The maximum atomic E-state index is 14.1. The lowest BCUT2D eigenvalue weighted by Crippen LogP contribution is -2.57. The van der Waals surface area contributed by atoms with Crippen molar-refractivity contribution in [3.05, 3.63) is 58.6 Å².